The van der Waals surface area contributed by atoms with E-state index in [2.05, 4.69) is 41.8 Å². The summed E-state index contributed by atoms with van der Waals surface area (Å²) in [7, 11) is 0. The maximum Gasteiger partial charge on any atom is 0.110 e. The summed E-state index contributed by atoms with van der Waals surface area (Å²) in [5, 5.41) is 15.4. The minimum Gasteiger partial charge on any atom is -0.383 e. The number of halogens is 1. The van der Waals surface area contributed by atoms with Gasteiger partial charge in [-0.25, -0.2) is 0 Å². The molecule has 2 atom stereocenters. The second-order valence-electron chi connectivity index (χ2n) is 5.30. The molecular formula is C13H21BrN2O. The number of nitrogens with zero attached hydrogens (tertiary/aromatic N) is 2. The highest BCUT2D eigenvalue weighted by atomic mass is 79.9. The average molecular weight is 301 g/mol. The third-order valence-electron chi connectivity index (χ3n) is 3.93. The van der Waals surface area contributed by atoms with Crippen LogP contribution >= 0.6 is 15.9 Å². The van der Waals surface area contributed by atoms with E-state index in [1.165, 1.54) is 0 Å². The maximum atomic E-state index is 11.0. The van der Waals surface area contributed by atoms with Gasteiger partial charge in [-0.3, -0.25) is 4.68 Å². The van der Waals surface area contributed by atoms with E-state index in [-0.39, 0.29) is 6.04 Å². The topological polar surface area (TPSA) is 38.1 Å². The summed E-state index contributed by atoms with van der Waals surface area (Å²) in [6.45, 7) is 6.36. The lowest BCUT2D eigenvalue weighted by Gasteiger charge is -2.31. The van der Waals surface area contributed by atoms with Crippen molar-refractivity contribution in [1.82, 2.24) is 9.78 Å². The zero-order chi connectivity index (χ0) is 12.6. The van der Waals surface area contributed by atoms with E-state index in [4.69, 9.17) is 0 Å². The lowest BCUT2D eigenvalue weighted by molar-refractivity contribution is -0.0137. The Morgan fingerprint density at radius 1 is 1.65 bits per heavy atom. The summed E-state index contributed by atoms with van der Waals surface area (Å²) in [4.78, 5) is 0. The van der Waals surface area contributed by atoms with Crippen LogP contribution in [0.5, 0.6) is 0 Å². The van der Waals surface area contributed by atoms with Crippen LogP contribution in [0.15, 0.2) is 10.7 Å². The minimum absolute atomic E-state index is 0.276. The Morgan fingerprint density at radius 3 is 2.94 bits per heavy atom. The molecular weight excluding hydrogens is 280 g/mol. The molecule has 0 radical (unpaired) electrons. The molecule has 2 rings (SSSR count). The fourth-order valence-electron chi connectivity index (χ4n) is 3.05. The SMILES string of the molecule is CCC1CCCC1(O)c1c(Br)cnn1C(C)C. The van der Waals surface area contributed by atoms with Gasteiger partial charge in [0.25, 0.3) is 0 Å². The number of rotatable bonds is 3. The Balaban J connectivity index is 2.48. The van der Waals surface area contributed by atoms with Crippen LogP contribution in [0.1, 0.15) is 58.2 Å². The third kappa shape index (κ3) is 2.06. The van der Waals surface area contributed by atoms with Crippen LogP contribution < -0.4 is 0 Å². The van der Waals surface area contributed by atoms with Gasteiger partial charge in [0.15, 0.2) is 0 Å². The maximum absolute atomic E-state index is 11.0. The predicted octanol–water partition coefficient (Wildman–Crippen LogP) is 3.62. The van der Waals surface area contributed by atoms with Gasteiger partial charge >= 0.3 is 0 Å². The molecule has 1 aromatic rings. The average Bonchev–Trinajstić information content (AvgIpc) is 2.82. The van der Waals surface area contributed by atoms with Crippen LogP contribution in [0, 0.1) is 5.92 Å². The van der Waals surface area contributed by atoms with E-state index in [0.29, 0.717) is 5.92 Å². The molecule has 1 aromatic heterocycles. The fourth-order valence-corrected chi connectivity index (χ4v) is 3.67. The monoisotopic (exact) mass is 300 g/mol. The molecule has 0 amide bonds. The smallest absolute Gasteiger partial charge is 0.110 e. The molecule has 3 nitrogen and oxygen atoms in total. The van der Waals surface area contributed by atoms with Crippen molar-refractivity contribution in [3.05, 3.63) is 16.4 Å². The van der Waals surface area contributed by atoms with Crippen LogP contribution in [0.4, 0.5) is 0 Å². The van der Waals surface area contributed by atoms with E-state index in [0.717, 1.165) is 35.8 Å². The van der Waals surface area contributed by atoms with Gasteiger partial charge < -0.3 is 5.11 Å². The van der Waals surface area contributed by atoms with Crippen LogP contribution in [0.25, 0.3) is 0 Å². The van der Waals surface area contributed by atoms with E-state index >= 15 is 0 Å². The van der Waals surface area contributed by atoms with Gasteiger partial charge in [0.05, 0.1) is 16.4 Å². The van der Waals surface area contributed by atoms with Gasteiger partial charge in [-0.1, -0.05) is 13.3 Å². The Bertz CT molecular complexity index is 402. The van der Waals surface area contributed by atoms with Crippen molar-refractivity contribution in [3.63, 3.8) is 0 Å². The van der Waals surface area contributed by atoms with Gasteiger partial charge in [-0.2, -0.15) is 5.10 Å². The Hall–Kier alpha value is -0.350. The molecule has 0 spiro atoms. The summed E-state index contributed by atoms with van der Waals surface area (Å²) >= 11 is 3.54. The van der Waals surface area contributed by atoms with Crippen molar-refractivity contribution in [2.24, 2.45) is 5.92 Å². The summed E-state index contributed by atoms with van der Waals surface area (Å²) in [6, 6.07) is 0.276. The van der Waals surface area contributed by atoms with Crippen molar-refractivity contribution in [3.8, 4) is 0 Å². The molecule has 1 aliphatic carbocycles. The summed E-state index contributed by atoms with van der Waals surface area (Å²) < 4.78 is 2.90. The van der Waals surface area contributed by atoms with Gasteiger partial charge in [0.1, 0.15) is 5.60 Å². The first-order valence-corrected chi connectivity index (χ1v) is 7.25. The van der Waals surface area contributed by atoms with E-state index in [1.54, 1.807) is 6.20 Å². The second kappa shape index (κ2) is 4.73. The van der Waals surface area contributed by atoms with E-state index < -0.39 is 5.60 Å². The normalized spacial score (nSPS) is 29.2. The molecule has 0 saturated heterocycles. The lowest BCUT2D eigenvalue weighted by atomic mass is 9.85. The Kier molecular flexibility index (Phi) is 3.64. The summed E-state index contributed by atoms with van der Waals surface area (Å²) in [5.41, 5.74) is 0.269. The largest absolute Gasteiger partial charge is 0.383 e. The molecule has 0 bridgehead atoms. The first-order valence-electron chi connectivity index (χ1n) is 6.46. The number of aliphatic hydroxyl groups is 1. The van der Waals surface area contributed by atoms with Crippen molar-refractivity contribution < 1.29 is 5.11 Å². The highest BCUT2D eigenvalue weighted by Crippen LogP contribution is 2.47. The van der Waals surface area contributed by atoms with Crippen LogP contribution in [-0.4, -0.2) is 14.9 Å². The van der Waals surface area contributed by atoms with Crippen LogP contribution in [-0.2, 0) is 5.60 Å². The predicted molar refractivity (Wildman–Crippen MR) is 71.8 cm³/mol. The molecule has 1 fully saturated rings. The molecule has 1 saturated carbocycles. The van der Waals surface area contributed by atoms with Crippen LogP contribution in [0.3, 0.4) is 0 Å². The first-order chi connectivity index (χ1) is 8.00. The zero-order valence-electron chi connectivity index (χ0n) is 10.8. The molecule has 1 N–H and O–H groups in total. The fraction of sp³-hybridized carbons (Fsp3) is 0.769. The van der Waals surface area contributed by atoms with E-state index in [1.807, 2.05) is 4.68 Å². The molecule has 1 heterocycles. The number of hydrogen-bond donors (Lipinski definition) is 1. The standard InChI is InChI=1S/C13H21BrN2O/c1-4-10-6-5-7-13(10,17)12-11(14)8-15-16(12)9(2)3/h8-10,17H,4-7H2,1-3H3. The molecule has 2 unspecified atom stereocenters. The van der Waals surface area contributed by atoms with Crippen molar-refractivity contribution in [2.45, 2.75) is 58.1 Å². The van der Waals surface area contributed by atoms with Gasteiger partial charge in [0.2, 0.25) is 0 Å². The highest BCUT2D eigenvalue weighted by molar-refractivity contribution is 9.10. The molecule has 1 aliphatic rings. The quantitative estimate of drug-likeness (QED) is 0.926. The Labute approximate surface area is 111 Å². The second-order valence-corrected chi connectivity index (χ2v) is 6.16. The van der Waals surface area contributed by atoms with Crippen molar-refractivity contribution in [1.29, 1.82) is 0 Å². The van der Waals surface area contributed by atoms with Gasteiger partial charge in [-0.15, -0.1) is 0 Å². The first kappa shape index (κ1) is 13.1. The lowest BCUT2D eigenvalue weighted by Crippen LogP contribution is -2.33. The minimum atomic E-state index is -0.700. The molecule has 96 valence electrons. The van der Waals surface area contributed by atoms with Crippen molar-refractivity contribution in [2.75, 3.05) is 0 Å². The molecule has 0 aliphatic heterocycles. The van der Waals surface area contributed by atoms with E-state index in [9.17, 15) is 5.11 Å². The van der Waals surface area contributed by atoms with Gasteiger partial charge in [-0.05, 0) is 55.0 Å². The summed E-state index contributed by atoms with van der Waals surface area (Å²) in [6.07, 6.45) is 5.89. The van der Waals surface area contributed by atoms with Crippen LogP contribution in [0.2, 0.25) is 0 Å². The molecule has 0 aromatic carbocycles. The number of aromatic nitrogens is 2. The third-order valence-corrected chi connectivity index (χ3v) is 4.51. The van der Waals surface area contributed by atoms with Gasteiger partial charge in [0, 0.05) is 6.04 Å². The summed E-state index contributed by atoms with van der Waals surface area (Å²) in [5.74, 6) is 0.355. The highest BCUT2D eigenvalue weighted by Gasteiger charge is 2.45. The molecule has 4 heteroatoms. The zero-order valence-corrected chi connectivity index (χ0v) is 12.4. The number of hydrogen-bond acceptors (Lipinski definition) is 2. The Morgan fingerprint density at radius 2 is 2.35 bits per heavy atom. The van der Waals surface area contributed by atoms with Crippen molar-refractivity contribution >= 4 is 15.9 Å². The molecule has 17 heavy (non-hydrogen) atoms.